The van der Waals surface area contributed by atoms with Crippen LogP contribution in [0.3, 0.4) is 0 Å². The van der Waals surface area contributed by atoms with Crippen LogP contribution in [-0.2, 0) is 0 Å². The molecule has 0 atom stereocenters. The van der Waals surface area contributed by atoms with Crippen molar-refractivity contribution in [2.45, 2.75) is 71.1 Å². The van der Waals surface area contributed by atoms with E-state index in [1.807, 2.05) is 0 Å². The molecule has 0 saturated heterocycles. The van der Waals surface area contributed by atoms with Crippen LogP contribution in [0.5, 0.6) is 0 Å². The Morgan fingerprint density at radius 1 is 0.786 bits per heavy atom. The molecule has 0 bridgehead atoms. The van der Waals surface area contributed by atoms with E-state index >= 15 is 0 Å². The maximum Gasteiger partial charge on any atom is -0.0351 e. The Labute approximate surface area is 90.8 Å². The highest BCUT2D eigenvalue weighted by Gasteiger charge is 1.89. The molecule has 0 heteroatoms. The fourth-order valence-electron chi connectivity index (χ4n) is 1.61. The fraction of sp³-hybridized carbons (Fsp3) is 0.786. The highest BCUT2D eigenvalue weighted by molar-refractivity contribution is 4.79. The van der Waals surface area contributed by atoms with Crippen LogP contribution in [0.15, 0.2) is 12.2 Å². The molecular formula is C14H27. The summed E-state index contributed by atoms with van der Waals surface area (Å²) in [5.41, 5.74) is 0. The Morgan fingerprint density at radius 3 is 1.93 bits per heavy atom. The quantitative estimate of drug-likeness (QED) is 0.328. The molecule has 0 amide bonds. The third kappa shape index (κ3) is 11.7. The lowest BCUT2D eigenvalue weighted by atomic mass is 10.1. The van der Waals surface area contributed by atoms with Crippen molar-refractivity contribution < 1.29 is 0 Å². The monoisotopic (exact) mass is 195 g/mol. The van der Waals surface area contributed by atoms with Gasteiger partial charge in [-0.15, -0.1) is 0 Å². The van der Waals surface area contributed by atoms with Crippen LogP contribution in [0, 0.1) is 6.92 Å². The summed E-state index contributed by atoms with van der Waals surface area (Å²) < 4.78 is 0. The van der Waals surface area contributed by atoms with Gasteiger partial charge >= 0.3 is 0 Å². The number of hydrogen-bond donors (Lipinski definition) is 0. The predicted octanol–water partition coefficient (Wildman–Crippen LogP) is 5.30. The molecule has 0 spiro atoms. The highest BCUT2D eigenvalue weighted by atomic mass is 14.0. The first kappa shape index (κ1) is 13.7. The molecule has 0 saturated carbocycles. The standard InChI is InChI=1S/C14H27/c1-3-5-7-9-11-13-14-12-10-8-6-4-2/h6,8H,1,3-5,7,9-14H2,2H3. The molecule has 0 aromatic rings. The lowest BCUT2D eigenvalue weighted by Crippen LogP contribution is -1.79. The van der Waals surface area contributed by atoms with Crippen LogP contribution in [0.2, 0.25) is 0 Å². The topological polar surface area (TPSA) is 0 Å². The van der Waals surface area contributed by atoms with Gasteiger partial charge < -0.3 is 0 Å². The number of allylic oxidation sites excluding steroid dienone is 2. The zero-order valence-electron chi connectivity index (χ0n) is 9.93. The number of hydrogen-bond acceptors (Lipinski definition) is 0. The average Bonchev–Trinajstić information content (AvgIpc) is 2.21. The van der Waals surface area contributed by atoms with E-state index in [9.17, 15) is 0 Å². The van der Waals surface area contributed by atoms with Gasteiger partial charge in [-0.2, -0.15) is 0 Å². The summed E-state index contributed by atoms with van der Waals surface area (Å²) in [6.45, 7) is 6.05. The highest BCUT2D eigenvalue weighted by Crippen LogP contribution is 2.09. The van der Waals surface area contributed by atoms with E-state index in [2.05, 4.69) is 26.0 Å². The summed E-state index contributed by atoms with van der Waals surface area (Å²) in [5.74, 6) is 0. The Morgan fingerprint density at radius 2 is 1.36 bits per heavy atom. The molecular weight excluding hydrogens is 168 g/mol. The van der Waals surface area contributed by atoms with Crippen molar-refractivity contribution in [3.05, 3.63) is 19.1 Å². The van der Waals surface area contributed by atoms with E-state index in [0.29, 0.717) is 0 Å². The van der Waals surface area contributed by atoms with E-state index in [1.165, 1.54) is 57.8 Å². The van der Waals surface area contributed by atoms with E-state index in [4.69, 9.17) is 0 Å². The zero-order valence-corrected chi connectivity index (χ0v) is 9.93. The van der Waals surface area contributed by atoms with Gasteiger partial charge in [-0.05, 0) is 19.3 Å². The number of unbranched alkanes of at least 4 members (excludes halogenated alkanes) is 8. The third-order valence-corrected chi connectivity index (χ3v) is 2.52. The van der Waals surface area contributed by atoms with Crippen LogP contribution >= 0.6 is 0 Å². The van der Waals surface area contributed by atoms with Gasteiger partial charge in [0.15, 0.2) is 0 Å². The van der Waals surface area contributed by atoms with Crippen molar-refractivity contribution in [3.8, 4) is 0 Å². The molecule has 14 heavy (non-hydrogen) atoms. The van der Waals surface area contributed by atoms with Gasteiger partial charge in [0.2, 0.25) is 0 Å². The SMILES string of the molecule is [CH2]CCCCCCCCCC=CCC. The van der Waals surface area contributed by atoms with Crippen molar-refractivity contribution in [2.75, 3.05) is 0 Å². The molecule has 0 aliphatic heterocycles. The fourth-order valence-corrected chi connectivity index (χ4v) is 1.61. The Balaban J connectivity index is 2.88. The smallest absolute Gasteiger partial charge is 0.0351 e. The van der Waals surface area contributed by atoms with Gasteiger partial charge in [0.25, 0.3) is 0 Å². The van der Waals surface area contributed by atoms with Gasteiger partial charge in [-0.3, -0.25) is 0 Å². The van der Waals surface area contributed by atoms with Crippen molar-refractivity contribution in [2.24, 2.45) is 0 Å². The van der Waals surface area contributed by atoms with Crippen molar-refractivity contribution in [3.63, 3.8) is 0 Å². The van der Waals surface area contributed by atoms with Gasteiger partial charge in [0.05, 0.1) is 0 Å². The molecule has 0 aliphatic rings. The molecule has 0 N–H and O–H groups in total. The molecule has 1 radical (unpaired) electrons. The van der Waals surface area contributed by atoms with Crippen LogP contribution in [0.25, 0.3) is 0 Å². The van der Waals surface area contributed by atoms with Crippen LogP contribution < -0.4 is 0 Å². The van der Waals surface area contributed by atoms with E-state index in [0.717, 1.165) is 6.42 Å². The summed E-state index contributed by atoms with van der Waals surface area (Å²) in [5, 5.41) is 0. The second-order valence-electron chi connectivity index (χ2n) is 4.00. The zero-order chi connectivity index (χ0) is 10.5. The molecule has 0 rings (SSSR count). The largest absolute Gasteiger partial charge is 0.0888 e. The van der Waals surface area contributed by atoms with E-state index in [-0.39, 0.29) is 0 Å². The van der Waals surface area contributed by atoms with Crippen LogP contribution in [0.1, 0.15) is 71.1 Å². The Hall–Kier alpha value is -0.260. The lowest BCUT2D eigenvalue weighted by molar-refractivity contribution is 0.583. The van der Waals surface area contributed by atoms with Crippen LogP contribution in [-0.4, -0.2) is 0 Å². The molecule has 0 fully saturated rings. The van der Waals surface area contributed by atoms with Gasteiger partial charge in [-0.1, -0.05) is 70.9 Å². The second-order valence-corrected chi connectivity index (χ2v) is 4.00. The second kappa shape index (κ2) is 12.7. The summed E-state index contributed by atoms with van der Waals surface area (Å²) in [6.07, 6.45) is 18.0. The lowest BCUT2D eigenvalue weighted by Gasteiger charge is -1.99. The first-order valence-electron chi connectivity index (χ1n) is 6.36. The third-order valence-electron chi connectivity index (χ3n) is 2.52. The molecule has 0 aromatic carbocycles. The predicted molar refractivity (Wildman–Crippen MR) is 66.3 cm³/mol. The Bertz CT molecular complexity index is 113. The van der Waals surface area contributed by atoms with Crippen molar-refractivity contribution >= 4 is 0 Å². The molecule has 0 aliphatic carbocycles. The molecule has 0 aromatic heterocycles. The van der Waals surface area contributed by atoms with Crippen molar-refractivity contribution in [1.82, 2.24) is 0 Å². The normalized spacial score (nSPS) is 11.3. The van der Waals surface area contributed by atoms with Crippen LogP contribution in [0.4, 0.5) is 0 Å². The molecule has 83 valence electrons. The summed E-state index contributed by atoms with van der Waals surface area (Å²) >= 11 is 0. The molecule has 0 nitrogen and oxygen atoms in total. The van der Waals surface area contributed by atoms with Gasteiger partial charge in [0, 0.05) is 0 Å². The minimum absolute atomic E-state index is 1.11. The summed E-state index contributed by atoms with van der Waals surface area (Å²) in [7, 11) is 0. The summed E-state index contributed by atoms with van der Waals surface area (Å²) in [4.78, 5) is 0. The minimum atomic E-state index is 1.11. The number of rotatable bonds is 10. The first-order valence-corrected chi connectivity index (χ1v) is 6.36. The first-order chi connectivity index (χ1) is 6.91. The molecule has 0 heterocycles. The van der Waals surface area contributed by atoms with Crippen molar-refractivity contribution in [1.29, 1.82) is 0 Å². The average molecular weight is 195 g/mol. The van der Waals surface area contributed by atoms with Gasteiger partial charge in [-0.25, -0.2) is 0 Å². The van der Waals surface area contributed by atoms with E-state index in [1.54, 1.807) is 0 Å². The summed E-state index contributed by atoms with van der Waals surface area (Å²) in [6, 6.07) is 0. The molecule has 0 unspecified atom stereocenters. The maximum atomic E-state index is 3.85. The van der Waals surface area contributed by atoms with Gasteiger partial charge in [0.1, 0.15) is 0 Å². The Kier molecular flexibility index (Phi) is 12.5. The van der Waals surface area contributed by atoms with E-state index < -0.39 is 0 Å². The maximum absolute atomic E-state index is 3.85. The minimum Gasteiger partial charge on any atom is -0.0888 e.